The number of primary amides is 1. The third-order valence-corrected chi connectivity index (χ3v) is 13.8. The third-order valence-electron chi connectivity index (χ3n) is 13.8. The third kappa shape index (κ3) is 12.1. The molecule has 3 aliphatic rings. The van der Waals surface area contributed by atoms with Gasteiger partial charge in [0.1, 0.15) is 12.1 Å². The van der Waals surface area contributed by atoms with E-state index in [2.05, 4.69) is 17.4 Å². The van der Waals surface area contributed by atoms with Crippen LogP contribution in [0.2, 0.25) is 0 Å². The summed E-state index contributed by atoms with van der Waals surface area (Å²) in [4.78, 5) is 79.7. The van der Waals surface area contributed by atoms with Gasteiger partial charge in [0.15, 0.2) is 0 Å². The van der Waals surface area contributed by atoms with E-state index in [0.29, 0.717) is 57.4 Å². The number of hydrogen-bond acceptors (Lipinski definition) is 10. The number of likely N-dealkylation sites (tertiary alicyclic amines) is 1. The van der Waals surface area contributed by atoms with E-state index < -0.39 is 36.2 Å². The van der Waals surface area contributed by atoms with E-state index in [4.69, 9.17) is 25.7 Å². The Hall–Kier alpha value is -5.68. The fourth-order valence-electron chi connectivity index (χ4n) is 9.74. The van der Waals surface area contributed by atoms with Crippen molar-refractivity contribution in [3.05, 3.63) is 99.0 Å². The quantitative estimate of drug-likeness (QED) is 0.0616. The van der Waals surface area contributed by atoms with E-state index >= 15 is 0 Å². The van der Waals surface area contributed by atoms with E-state index in [0.717, 1.165) is 103 Å². The number of aromatic nitrogens is 2. The van der Waals surface area contributed by atoms with Crippen molar-refractivity contribution in [1.29, 1.82) is 0 Å². The van der Waals surface area contributed by atoms with Gasteiger partial charge in [0.2, 0.25) is 23.6 Å². The zero-order valence-electron chi connectivity index (χ0n) is 39.9. The number of rotatable bonds is 25. The molecule has 1 aromatic heterocycles. The minimum absolute atomic E-state index is 0.0840. The summed E-state index contributed by atoms with van der Waals surface area (Å²) in [6, 6.07) is 17.5. The number of hydrogen-bond donors (Lipinski definition) is 3. The molecule has 3 aliphatic heterocycles. The van der Waals surface area contributed by atoms with Crippen LogP contribution in [-0.2, 0) is 77.5 Å². The van der Waals surface area contributed by atoms with Crippen LogP contribution in [0.3, 0.4) is 0 Å². The number of nitrogens with two attached hydrogens (primary N) is 2. The molecule has 1 fully saturated rings. The van der Waals surface area contributed by atoms with E-state index in [9.17, 15) is 28.8 Å². The maximum absolute atomic E-state index is 13.9. The van der Waals surface area contributed by atoms with Gasteiger partial charge in [-0.25, -0.2) is 4.79 Å². The van der Waals surface area contributed by atoms with Crippen molar-refractivity contribution in [1.82, 2.24) is 19.4 Å². The lowest BCUT2D eigenvalue weighted by molar-refractivity contribution is -0.149. The van der Waals surface area contributed by atoms with Gasteiger partial charge in [-0.2, -0.15) is 0 Å². The summed E-state index contributed by atoms with van der Waals surface area (Å²) < 4.78 is 21.2. The largest absolute Gasteiger partial charge is 0.381 e. The second kappa shape index (κ2) is 23.6. The summed E-state index contributed by atoms with van der Waals surface area (Å²) in [5.41, 5.74) is 19.1. The molecule has 16 heteroatoms. The molecule has 5 amide bonds. The van der Waals surface area contributed by atoms with Crippen molar-refractivity contribution in [2.45, 2.75) is 140 Å². The molecule has 1 unspecified atom stereocenters. The molecule has 0 bridgehead atoms. The fraction of sp³-hybridized carbons (Fsp3) is 0.538. The number of nitrogens with zero attached hydrogens (tertiary/aromatic N) is 4. The molecule has 16 nitrogen and oxygen atoms in total. The van der Waals surface area contributed by atoms with Gasteiger partial charge in [-0.15, -0.1) is 0 Å². The Morgan fingerprint density at radius 2 is 1.41 bits per heavy atom. The highest BCUT2D eigenvalue weighted by Gasteiger charge is 2.43. The van der Waals surface area contributed by atoms with Crippen molar-refractivity contribution >= 4 is 46.3 Å². The summed E-state index contributed by atoms with van der Waals surface area (Å²) in [6.07, 6.45) is 9.82. The second-order valence-electron chi connectivity index (χ2n) is 18.7. The first-order valence-electron chi connectivity index (χ1n) is 24.5. The van der Waals surface area contributed by atoms with Gasteiger partial charge in [-0.3, -0.25) is 42.9 Å². The molecule has 68 heavy (non-hydrogen) atoms. The van der Waals surface area contributed by atoms with Crippen LogP contribution in [0.5, 0.6) is 0 Å². The molecule has 5 N–H and O–H groups in total. The van der Waals surface area contributed by atoms with Crippen LogP contribution in [-0.4, -0.2) is 101 Å². The molecule has 4 aromatic rings. The van der Waals surface area contributed by atoms with Gasteiger partial charge >= 0.3 is 5.69 Å². The summed E-state index contributed by atoms with van der Waals surface area (Å²) in [5.74, 6) is -1.58. The lowest BCUT2D eigenvalue weighted by Gasteiger charge is -2.30. The maximum atomic E-state index is 13.9. The van der Waals surface area contributed by atoms with E-state index in [1.807, 2.05) is 55.5 Å². The van der Waals surface area contributed by atoms with Crippen LogP contribution in [0.25, 0.3) is 11.0 Å². The summed E-state index contributed by atoms with van der Waals surface area (Å²) in [5, 5.41) is 3.09. The zero-order valence-corrected chi connectivity index (χ0v) is 39.9. The molecular formula is C52H69N7O9. The zero-order chi connectivity index (χ0) is 48.3. The molecule has 366 valence electrons. The van der Waals surface area contributed by atoms with Gasteiger partial charge in [0.05, 0.1) is 41.5 Å². The number of imidazole rings is 1. The highest BCUT2D eigenvalue weighted by molar-refractivity contribution is 6.07. The average molecular weight is 936 g/mol. The molecule has 0 aliphatic carbocycles. The van der Waals surface area contributed by atoms with E-state index in [1.54, 1.807) is 16.5 Å². The fourth-order valence-corrected chi connectivity index (χ4v) is 9.74. The number of ether oxygens (including phenoxy) is 3. The smallest absolute Gasteiger partial charge is 0.329 e. The van der Waals surface area contributed by atoms with Gasteiger partial charge in [-0.1, -0.05) is 61.4 Å². The summed E-state index contributed by atoms with van der Waals surface area (Å²) in [6.45, 7) is 5.02. The van der Waals surface area contributed by atoms with E-state index in [1.165, 1.54) is 17.2 Å². The van der Waals surface area contributed by atoms with Gasteiger partial charge in [-0.05, 0) is 111 Å². The minimum Gasteiger partial charge on any atom is -0.381 e. The first kappa shape index (κ1) is 50.2. The van der Waals surface area contributed by atoms with Gasteiger partial charge in [0.25, 0.3) is 5.91 Å². The number of fused-ring (bicyclic) bond motifs is 1. The summed E-state index contributed by atoms with van der Waals surface area (Å²) in [7, 11) is 3.19. The Morgan fingerprint density at radius 1 is 0.765 bits per heavy atom. The number of aryl methyl sites for hydroxylation is 4. The number of likely N-dealkylation sites (N-methyl/N-ethyl adjacent to an activating group) is 1. The normalized spacial score (nSPS) is 19.1. The topological polar surface area (TPSA) is 211 Å². The van der Waals surface area contributed by atoms with Crippen molar-refractivity contribution in [3.63, 3.8) is 0 Å². The lowest BCUT2D eigenvalue weighted by atomic mass is 10.0. The van der Waals surface area contributed by atoms with Crippen LogP contribution < -0.4 is 27.4 Å². The molecule has 0 spiro atoms. The monoisotopic (exact) mass is 936 g/mol. The lowest BCUT2D eigenvalue weighted by Crippen LogP contribution is -2.55. The van der Waals surface area contributed by atoms with Crippen LogP contribution in [0, 0.1) is 0 Å². The number of benzene rings is 3. The average Bonchev–Trinajstić information content (AvgIpc) is 3.80. The van der Waals surface area contributed by atoms with Crippen molar-refractivity contribution in [2.75, 3.05) is 38.4 Å². The molecule has 1 saturated heterocycles. The van der Waals surface area contributed by atoms with Crippen molar-refractivity contribution in [3.8, 4) is 0 Å². The number of unbranched alkanes of at least 4 members (excludes halogenated alkanes) is 3. The molecule has 0 radical (unpaired) electrons. The molecular weight excluding hydrogens is 867 g/mol. The number of amides is 5. The first-order valence-corrected chi connectivity index (χ1v) is 24.5. The van der Waals surface area contributed by atoms with Gasteiger partial charge in [0, 0.05) is 59.8 Å². The van der Waals surface area contributed by atoms with Crippen LogP contribution >= 0.6 is 0 Å². The Morgan fingerprint density at radius 3 is 2.12 bits per heavy atom. The highest BCUT2D eigenvalue weighted by atomic mass is 16.5. The molecule has 4 heterocycles. The van der Waals surface area contributed by atoms with Crippen LogP contribution in [0.4, 0.5) is 5.69 Å². The number of piperidine rings is 1. The van der Waals surface area contributed by atoms with Crippen LogP contribution in [0.15, 0.2) is 65.5 Å². The van der Waals surface area contributed by atoms with Crippen molar-refractivity contribution < 1.29 is 38.2 Å². The number of para-hydroxylation sites is 1. The Labute approximate surface area is 398 Å². The number of carbonyl (C=O) groups excluding carboxylic acids is 5. The second-order valence-corrected chi connectivity index (χ2v) is 18.7. The summed E-state index contributed by atoms with van der Waals surface area (Å²) >= 11 is 0. The standard InChI is InChI=1S/C52H69N7O9/c1-34(41(22-25-46(54)60)55-49(62)45-32-39-14-8-13-38-20-21-40(53)50(63)59(45)48(38)39)68-33-37-17-15-35(16-18-37)11-9-29-66-27-6-4-5-7-28-67-30-10-12-36-19-23-42-44(31-36)56(2)52(65)58(42)43-24-26-47(61)57(3)51(43)64/h8,13-19,23,31,34,40-41,43,45H,4-7,9-12,20-22,24-30,32-33,53H2,1-3H3,(H2,54,60)(H,55,62)/t34-,40+,41+,43?,45+/m1/s1. The molecule has 3 aromatic carbocycles. The SMILES string of the molecule is C[C@@H](OCc1ccc(CCCOCCCCCCOCCCc2ccc3c(c2)n(C)c(=O)n3C2CCC(=O)N(C)C2=O)cc1)[C@H](CCC(N)=O)NC(=O)[C@@H]1Cc2cccc3c2N1C(=O)[C@@H](N)CC3. The minimum atomic E-state index is -0.732. The van der Waals surface area contributed by atoms with Crippen molar-refractivity contribution in [2.24, 2.45) is 18.5 Å². The predicted octanol–water partition coefficient (Wildman–Crippen LogP) is 4.71. The number of anilines is 1. The predicted molar refractivity (Wildman–Crippen MR) is 259 cm³/mol. The Kier molecular flexibility index (Phi) is 17.4. The van der Waals surface area contributed by atoms with Gasteiger partial charge < -0.3 is 31.0 Å². The molecule has 5 atom stereocenters. The maximum Gasteiger partial charge on any atom is 0.329 e. The number of imide groups is 1. The molecule has 7 rings (SSSR count). The first-order chi connectivity index (χ1) is 32.8. The number of nitrogens with one attached hydrogen (secondary N) is 1. The Bertz CT molecular complexity index is 2480. The highest BCUT2D eigenvalue weighted by Crippen LogP contribution is 2.39. The Balaban J connectivity index is 0.733. The molecule has 0 saturated carbocycles. The van der Waals surface area contributed by atoms with E-state index in [-0.39, 0.29) is 42.2 Å². The van der Waals surface area contributed by atoms with Crippen LogP contribution in [0.1, 0.15) is 111 Å². The number of carbonyl (C=O) groups is 5.